The van der Waals surface area contributed by atoms with E-state index in [9.17, 15) is 4.79 Å². The normalized spacial score (nSPS) is 11.8. The van der Waals surface area contributed by atoms with Crippen LogP contribution in [-0.2, 0) is 0 Å². The molecule has 0 radical (unpaired) electrons. The molecule has 28 heavy (non-hydrogen) atoms. The Morgan fingerprint density at radius 3 is 2.54 bits per heavy atom. The number of carbonyl (C=O) groups is 1. The minimum atomic E-state index is -0.160. The lowest BCUT2D eigenvalue weighted by Crippen LogP contribution is -2.15. The molecule has 2 aromatic carbocycles. The summed E-state index contributed by atoms with van der Waals surface area (Å²) < 4.78 is 1.50. The molecule has 0 fully saturated rings. The summed E-state index contributed by atoms with van der Waals surface area (Å²) in [7, 11) is 0. The largest absolute Gasteiger partial charge is 0.348 e. The third kappa shape index (κ3) is 5.47. The van der Waals surface area contributed by atoms with E-state index < -0.39 is 0 Å². The molecule has 0 atom stereocenters. The van der Waals surface area contributed by atoms with Crippen LogP contribution in [0.15, 0.2) is 72.3 Å². The van der Waals surface area contributed by atoms with Gasteiger partial charge in [-0.15, -0.1) is 11.8 Å². The highest BCUT2D eigenvalue weighted by Crippen LogP contribution is 2.28. The molecule has 0 aliphatic rings. The summed E-state index contributed by atoms with van der Waals surface area (Å²) in [5, 5.41) is 9.78. The summed E-state index contributed by atoms with van der Waals surface area (Å²) in [5.41, 5.74) is 1.84. The van der Waals surface area contributed by atoms with Crippen LogP contribution in [0.25, 0.3) is 5.70 Å². The summed E-state index contributed by atoms with van der Waals surface area (Å²) >= 11 is 11.0. The third-order valence-electron chi connectivity index (χ3n) is 3.74. The van der Waals surface area contributed by atoms with Crippen LogP contribution in [0.2, 0.25) is 5.02 Å². The molecule has 3 aromatic rings. The number of para-hydroxylation sites is 1. The Hall–Kier alpha value is -2.09. The molecule has 1 N–H and O–H groups in total. The maximum atomic E-state index is 13.4. The maximum Gasteiger partial charge on any atom is 0.214 e. The number of carbonyl (C=O) groups excluding carboxylic acids is 1. The van der Waals surface area contributed by atoms with Gasteiger partial charge in [-0.2, -0.15) is 5.10 Å². The van der Waals surface area contributed by atoms with Crippen molar-refractivity contribution in [2.45, 2.75) is 6.42 Å². The van der Waals surface area contributed by atoms with Gasteiger partial charge in [0.2, 0.25) is 5.78 Å². The summed E-state index contributed by atoms with van der Waals surface area (Å²) in [6.45, 7) is 0. The van der Waals surface area contributed by atoms with E-state index in [0.717, 1.165) is 28.2 Å². The Morgan fingerprint density at radius 2 is 1.89 bits per heavy atom. The number of Topliss-reactive ketones (excluding diaryl/α,β-unsaturated/α-hetero) is 1. The predicted octanol–water partition coefficient (Wildman–Crippen LogP) is 5.57. The second-order valence-corrected chi connectivity index (χ2v) is 8.07. The first-order valence-corrected chi connectivity index (χ1v) is 11.1. The number of nitrogens with one attached hydrogen (secondary N) is 1. The lowest BCUT2D eigenvalue weighted by molar-refractivity contribution is 0.104. The van der Waals surface area contributed by atoms with Crippen molar-refractivity contribution in [3.8, 4) is 0 Å². The van der Waals surface area contributed by atoms with Gasteiger partial charge in [0.25, 0.3) is 0 Å². The van der Waals surface area contributed by atoms with Crippen LogP contribution < -0.4 is 5.32 Å². The Kier molecular flexibility index (Phi) is 7.71. The van der Waals surface area contributed by atoms with Gasteiger partial charge >= 0.3 is 0 Å². The van der Waals surface area contributed by atoms with Crippen molar-refractivity contribution < 1.29 is 4.79 Å². The highest BCUT2D eigenvalue weighted by atomic mass is 79.9. The minimum absolute atomic E-state index is 0.160. The molecule has 0 amide bonds. The number of ketones is 1. The van der Waals surface area contributed by atoms with E-state index in [-0.39, 0.29) is 5.78 Å². The molecule has 1 aromatic heterocycles. The van der Waals surface area contributed by atoms with Gasteiger partial charge in [0.05, 0.1) is 0 Å². The molecule has 0 bridgehead atoms. The fraction of sp³-hybridized carbons (Fsp3) is 0.150. The van der Waals surface area contributed by atoms with E-state index in [1.165, 1.54) is 17.3 Å². The molecule has 0 aliphatic heterocycles. The summed E-state index contributed by atoms with van der Waals surface area (Å²) in [4.78, 5) is 17.4. The van der Waals surface area contributed by atoms with Crippen molar-refractivity contribution >= 4 is 56.5 Å². The van der Waals surface area contributed by atoms with Gasteiger partial charge in [0, 0.05) is 27.4 Å². The highest BCUT2D eigenvalue weighted by molar-refractivity contribution is 9.09. The lowest BCUT2D eigenvalue weighted by atomic mass is 10.1. The van der Waals surface area contributed by atoms with Gasteiger partial charge in [-0.1, -0.05) is 45.7 Å². The van der Waals surface area contributed by atoms with Gasteiger partial charge in [-0.05, 0) is 42.8 Å². The Bertz CT molecular complexity index is 931. The Labute approximate surface area is 181 Å². The molecular weight excluding hydrogens is 460 g/mol. The van der Waals surface area contributed by atoms with Crippen LogP contribution in [0.3, 0.4) is 0 Å². The van der Waals surface area contributed by atoms with Crippen molar-refractivity contribution in [3.63, 3.8) is 0 Å². The number of halogens is 2. The molecule has 0 aliphatic carbocycles. The van der Waals surface area contributed by atoms with Crippen LogP contribution in [0.4, 0.5) is 5.69 Å². The van der Waals surface area contributed by atoms with Crippen molar-refractivity contribution in [2.24, 2.45) is 0 Å². The van der Waals surface area contributed by atoms with Crippen molar-refractivity contribution in [3.05, 3.63) is 82.9 Å². The van der Waals surface area contributed by atoms with Crippen LogP contribution in [0, 0.1) is 0 Å². The highest BCUT2D eigenvalue weighted by Gasteiger charge is 2.21. The quantitative estimate of drug-likeness (QED) is 0.189. The zero-order valence-electron chi connectivity index (χ0n) is 14.9. The van der Waals surface area contributed by atoms with Gasteiger partial charge < -0.3 is 5.32 Å². The average molecular weight is 478 g/mol. The van der Waals surface area contributed by atoms with E-state index in [2.05, 4.69) is 31.3 Å². The van der Waals surface area contributed by atoms with Crippen molar-refractivity contribution in [2.75, 3.05) is 16.4 Å². The second kappa shape index (κ2) is 10.5. The molecule has 8 heteroatoms. The van der Waals surface area contributed by atoms with Crippen LogP contribution in [-0.4, -0.2) is 31.6 Å². The summed E-state index contributed by atoms with van der Waals surface area (Å²) in [5.74, 6) is 0.680. The summed E-state index contributed by atoms with van der Waals surface area (Å²) in [6, 6.07) is 16.6. The zero-order valence-corrected chi connectivity index (χ0v) is 18.0. The Morgan fingerprint density at radius 1 is 1.14 bits per heavy atom. The van der Waals surface area contributed by atoms with E-state index in [1.807, 2.05) is 30.3 Å². The molecule has 1 heterocycles. The monoisotopic (exact) mass is 476 g/mol. The van der Waals surface area contributed by atoms with Crippen molar-refractivity contribution in [1.82, 2.24) is 14.8 Å². The zero-order chi connectivity index (χ0) is 19.8. The standard InChI is InChI=1S/C20H18BrClN4OS/c21-11-4-12-28-20(25-17-5-2-1-3-6-17)18(26-14-23-13-24-26)19(27)15-7-9-16(22)10-8-15/h1-3,5-10,13-14,25H,4,11-12H2/b20-18+. The number of benzene rings is 2. The second-order valence-electron chi connectivity index (χ2n) is 5.74. The predicted molar refractivity (Wildman–Crippen MR) is 120 cm³/mol. The minimum Gasteiger partial charge on any atom is -0.348 e. The third-order valence-corrected chi connectivity index (χ3v) is 5.63. The van der Waals surface area contributed by atoms with Crippen molar-refractivity contribution in [1.29, 1.82) is 0 Å². The Balaban J connectivity index is 2.06. The van der Waals surface area contributed by atoms with Crippen LogP contribution in [0.1, 0.15) is 16.8 Å². The fourth-order valence-corrected chi connectivity index (χ4v) is 4.20. The first-order valence-electron chi connectivity index (χ1n) is 8.59. The number of alkyl halides is 1. The average Bonchev–Trinajstić information content (AvgIpc) is 3.24. The van der Waals surface area contributed by atoms with Gasteiger partial charge in [-0.25, -0.2) is 9.67 Å². The molecule has 0 saturated carbocycles. The number of thioether (sulfide) groups is 1. The smallest absolute Gasteiger partial charge is 0.214 e. The lowest BCUT2D eigenvalue weighted by Gasteiger charge is -2.16. The molecular formula is C20H18BrClN4OS. The molecule has 5 nitrogen and oxygen atoms in total. The fourth-order valence-electron chi connectivity index (χ4n) is 2.42. The molecule has 3 rings (SSSR count). The molecule has 144 valence electrons. The van der Waals surface area contributed by atoms with E-state index in [0.29, 0.717) is 16.3 Å². The van der Waals surface area contributed by atoms with E-state index in [4.69, 9.17) is 11.6 Å². The van der Waals surface area contributed by atoms with E-state index in [1.54, 1.807) is 36.0 Å². The van der Waals surface area contributed by atoms with Gasteiger partial charge in [-0.3, -0.25) is 4.79 Å². The first-order chi connectivity index (χ1) is 13.7. The number of anilines is 1. The number of hydrogen-bond donors (Lipinski definition) is 1. The van der Waals surface area contributed by atoms with Gasteiger partial charge in [0.15, 0.2) is 0 Å². The van der Waals surface area contributed by atoms with Crippen LogP contribution >= 0.6 is 39.3 Å². The molecule has 0 saturated heterocycles. The number of aromatic nitrogens is 3. The van der Waals surface area contributed by atoms with Crippen LogP contribution in [0.5, 0.6) is 0 Å². The van der Waals surface area contributed by atoms with E-state index >= 15 is 0 Å². The number of nitrogens with zero attached hydrogens (tertiary/aromatic N) is 3. The number of hydrogen-bond acceptors (Lipinski definition) is 5. The maximum absolute atomic E-state index is 13.4. The number of allylic oxidation sites excluding steroid dienone is 1. The molecule has 0 unspecified atom stereocenters. The molecule has 0 spiro atoms. The SMILES string of the molecule is O=C(/C(=C(/Nc1ccccc1)SCCCBr)n1cncn1)c1ccc(Cl)cc1. The number of rotatable bonds is 9. The summed E-state index contributed by atoms with van der Waals surface area (Å²) in [6.07, 6.45) is 3.91. The van der Waals surface area contributed by atoms with Gasteiger partial charge in [0.1, 0.15) is 23.4 Å². The topological polar surface area (TPSA) is 59.8 Å². The first kappa shape index (κ1) is 20.6.